The predicted octanol–water partition coefficient (Wildman–Crippen LogP) is 2.40. The number of ether oxygens (including phenoxy) is 1. The van der Waals surface area contributed by atoms with Gasteiger partial charge in [-0.15, -0.1) is 12.4 Å². The van der Waals surface area contributed by atoms with Gasteiger partial charge in [0.2, 0.25) is 11.8 Å². The lowest BCUT2D eigenvalue weighted by Crippen LogP contribution is -2.40. The minimum Gasteiger partial charge on any atom is -0.495 e. The zero-order chi connectivity index (χ0) is 16.1. The first kappa shape index (κ1) is 19.3. The second-order valence-corrected chi connectivity index (χ2v) is 5.66. The number of halogens is 1. The quantitative estimate of drug-likeness (QED) is 0.785. The molecule has 1 aromatic rings. The maximum absolute atomic E-state index is 12.3. The summed E-state index contributed by atoms with van der Waals surface area (Å²) < 4.78 is 5.20. The number of anilines is 2. The lowest BCUT2D eigenvalue weighted by Gasteiger charge is -2.27. The minimum absolute atomic E-state index is 0. The van der Waals surface area contributed by atoms with Gasteiger partial charge >= 0.3 is 0 Å². The van der Waals surface area contributed by atoms with E-state index in [0.29, 0.717) is 23.2 Å². The van der Waals surface area contributed by atoms with Crippen molar-refractivity contribution in [2.75, 3.05) is 24.3 Å². The molecule has 2 atom stereocenters. The van der Waals surface area contributed by atoms with Gasteiger partial charge in [0, 0.05) is 24.6 Å². The van der Waals surface area contributed by atoms with Gasteiger partial charge in [0.25, 0.3) is 0 Å². The average molecular weight is 342 g/mol. The third kappa shape index (κ3) is 5.41. The lowest BCUT2D eigenvalue weighted by molar-refractivity contribution is -0.120. The molecule has 1 aromatic carbocycles. The highest BCUT2D eigenvalue weighted by atomic mass is 35.5. The van der Waals surface area contributed by atoms with Gasteiger partial charge in [0.15, 0.2) is 0 Å². The summed E-state index contributed by atoms with van der Waals surface area (Å²) in [7, 11) is 1.54. The Morgan fingerprint density at radius 2 is 2.04 bits per heavy atom. The van der Waals surface area contributed by atoms with E-state index in [-0.39, 0.29) is 30.1 Å². The summed E-state index contributed by atoms with van der Waals surface area (Å²) in [6, 6.07) is 5.57. The summed E-state index contributed by atoms with van der Waals surface area (Å²) in [5.41, 5.74) is 1.20. The molecule has 2 rings (SSSR count). The topological polar surface area (TPSA) is 79.5 Å². The maximum atomic E-state index is 12.3. The van der Waals surface area contributed by atoms with Crippen molar-refractivity contribution in [3.05, 3.63) is 18.2 Å². The van der Waals surface area contributed by atoms with Crippen LogP contribution in [0.3, 0.4) is 0 Å². The number of rotatable bonds is 4. The van der Waals surface area contributed by atoms with Crippen molar-refractivity contribution >= 4 is 35.6 Å². The highest BCUT2D eigenvalue weighted by molar-refractivity contribution is 5.95. The number of piperidine rings is 1. The van der Waals surface area contributed by atoms with Gasteiger partial charge in [0.05, 0.1) is 12.8 Å². The minimum atomic E-state index is -0.186. The number of methoxy groups -OCH3 is 1. The summed E-state index contributed by atoms with van der Waals surface area (Å²) >= 11 is 0. The lowest BCUT2D eigenvalue weighted by atomic mass is 9.92. The summed E-state index contributed by atoms with van der Waals surface area (Å²) in [5, 5.41) is 8.96. The van der Waals surface area contributed by atoms with Gasteiger partial charge in [-0.2, -0.15) is 0 Å². The van der Waals surface area contributed by atoms with Crippen LogP contribution in [0.5, 0.6) is 5.75 Å². The summed E-state index contributed by atoms with van der Waals surface area (Å²) in [6.07, 6.45) is 1.67. The van der Waals surface area contributed by atoms with Gasteiger partial charge in [-0.05, 0) is 44.5 Å². The number of hydrogen-bond acceptors (Lipinski definition) is 4. The number of carbonyl (C=O) groups is 2. The highest BCUT2D eigenvalue weighted by Crippen LogP contribution is 2.28. The third-order valence-electron chi connectivity index (χ3n) is 3.77. The second kappa shape index (κ2) is 8.74. The van der Waals surface area contributed by atoms with E-state index >= 15 is 0 Å². The fourth-order valence-corrected chi connectivity index (χ4v) is 2.69. The first-order valence-corrected chi connectivity index (χ1v) is 7.49. The second-order valence-electron chi connectivity index (χ2n) is 5.66. The Labute approximate surface area is 142 Å². The predicted molar refractivity (Wildman–Crippen MR) is 93.4 cm³/mol. The molecular weight excluding hydrogens is 318 g/mol. The van der Waals surface area contributed by atoms with E-state index in [4.69, 9.17) is 4.74 Å². The van der Waals surface area contributed by atoms with Gasteiger partial charge in [-0.25, -0.2) is 0 Å². The Hall–Kier alpha value is -1.79. The SMILES string of the molecule is COc1ccc(NC(=O)[C@H]2CCN[C@@H](C)C2)cc1NC(C)=O.Cl. The van der Waals surface area contributed by atoms with Crippen LogP contribution >= 0.6 is 12.4 Å². The largest absolute Gasteiger partial charge is 0.495 e. The van der Waals surface area contributed by atoms with Crippen molar-refractivity contribution < 1.29 is 14.3 Å². The maximum Gasteiger partial charge on any atom is 0.227 e. The van der Waals surface area contributed by atoms with Crippen LogP contribution < -0.4 is 20.7 Å². The molecule has 0 unspecified atom stereocenters. The van der Waals surface area contributed by atoms with Crippen LogP contribution in [0.4, 0.5) is 11.4 Å². The molecule has 1 heterocycles. The molecule has 7 heteroatoms. The van der Waals surface area contributed by atoms with Crippen molar-refractivity contribution in [1.29, 1.82) is 0 Å². The number of carbonyl (C=O) groups excluding carboxylic acids is 2. The molecule has 2 amide bonds. The Morgan fingerprint density at radius 1 is 1.30 bits per heavy atom. The Balaban J connectivity index is 0.00000264. The normalized spacial score (nSPS) is 20.1. The first-order valence-electron chi connectivity index (χ1n) is 7.49. The molecule has 6 nitrogen and oxygen atoms in total. The van der Waals surface area contributed by atoms with Gasteiger partial charge < -0.3 is 20.7 Å². The van der Waals surface area contributed by atoms with Gasteiger partial charge in [-0.1, -0.05) is 0 Å². The molecule has 1 aliphatic heterocycles. The molecular formula is C16H24ClN3O3. The van der Waals surface area contributed by atoms with Crippen molar-refractivity contribution in [3.8, 4) is 5.75 Å². The van der Waals surface area contributed by atoms with Crippen LogP contribution in [0, 0.1) is 5.92 Å². The molecule has 0 bridgehead atoms. The van der Waals surface area contributed by atoms with Crippen LogP contribution in [-0.4, -0.2) is 31.5 Å². The Morgan fingerprint density at radius 3 is 2.65 bits per heavy atom. The van der Waals surface area contributed by atoms with Crippen LogP contribution in [0.1, 0.15) is 26.7 Å². The number of nitrogens with one attached hydrogen (secondary N) is 3. The summed E-state index contributed by atoms with van der Waals surface area (Å²) in [6.45, 7) is 4.38. The van der Waals surface area contributed by atoms with Crippen LogP contribution in [0.25, 0.3) is 0 Å². The number of benzene rings is 1. The monoisotopic (exact) mass is 341 g/mol. The molecule has 1 saturated heterocycles. The first-order chi connectivity index (χ1) is 10.5. The van der Waals surface area contributed by atoms with Crippen LogP contribution in [0.15, 0.2) is 18.2 Å². The highest BCUT2D eigenvalue weighted by Gasteiger charge is 2.24. The van der Waals surface area contributed by atoms with E-state index in [0.717, 1.165) is 19.4 Å². The zero-order valence-corrected chi connectivity index (χ0v) is 14.5. The van der Waals surface area contributed by atoms with Gasteiger partial charge in [-0.3, -0.25) is 9.59 Å². The molecule has 128 valence electrons. The van der Waals surface area contributed by atoms with Crippen molar-refractivity contribution in [3.63, 3.8) is 0 Å². The van der Waals surface area contributed by atoms with E-state index in [1.165, 1.54) is 14.0 Å². The van der Waals surface area contributed by atoms with E-state index in [1.807, 2.05) is 0 Å². The van der Waals surface area contributed by atoms with Crippen LogP contribution in [0.2, 0.25) is 0 Å². The molecule has 23 heavy (non-hydrogen) atoms. The van der Waals surface area contributed by atoms with E-state index in [9.17, 15) is 9.59 Å². The summed E-state index contributed by atoms with van der Waals surface area (Å²) in [5.74, 6) is 0.410. The number of hydrogen-bond donors (Lipinski definition) is 3. The smallest absolute Gasteiger partial charge is 0.227 e. The third-order valence-corrected chi connectivity index (χ3v) is 3.77. The standard InChI is InChI=1S/C16H23N3O3.ClH/c1-10-8-12(6-7-17-10)16(21)19-13-4-5-15(22-3)14(9-13)18-11(2)20;/h4-5,9-10,12,17H,6-8H2,1-3H3,(H,18,20)(H,19,21);1H/t10-,12-;/m0./s1. The van der Waals surface area contributed by atoms with Crippen LogP contribution in [-0.2, 0) is 9.59 Å². The Bertz CT molecular complexity index is 566. The van der Waals surface area contributed by atoms with E-state index < -0.39 is 0 Å². The molecule has 1 fully saturated rings. The average Bonchev–Trinajstić information content (AvgIpc) is 2.47. The molecule has 0 spiro atoms. The fourth-order valence-electron chi connectivity index (χ4n) is 2.69. The van der Waals surface area contributed by atoms with Gasteiger partial charge in [0.1, 0.15) is 5.75 Å². The number of amides is 2. The molecule has 1 aliphatic rings. The molecule has 0 aliphatic carbocycles. The van der Waals surface area contributed by atoms with Crippen molar-refractivity contribution in [1.82, 2.24) is 5.32 Å². The molecule has 0 aromatic heterocycles. The summed E-state index contributed by atoms with van der Waals surface area (Å²) in [4.78, 5) is 23.6. The van der Waals surface area contributed by atoms with Crippen molar-refractivity contribution in [2.24, 2.45) is 5.92 Å². The molecule has 0 radical (unpaired) electrons. The van der Waals surface area contributed by atoms with Crippen molar-refractivity contribution in [2.45, 2.75) is 32.7 Å². The van der Waals surface area contributed by atoms with E-state index in [1.54, 1.807) is 18.2 Å². The zero-order valence-electron chi connectivity index (χ0n) is 13.6. The Kier molecular flexibility index (Phi) is 7.32. The van der Waals surface area contributed by atoms with E-state index in [2.05, 4.69) is 22.9 Å². The molecule has 0 saturated carbocycles. The molecule has 3 N–H and O–H groups in total. The fraction of sp³-hybridized carbons (Fsp3) is 0.500.